The SMILES string of the molecule is CCCOCCOc1cc(CO)ccc1[N+](=O)[O-]. The molecule has 1 N–H and O–H groups in total. The van der Waals surface area contributed by atoms with Crippen molar-refractivity contribution in [2.24, 2.45) is 0 Å². The maximum absolute atomic E-state index is 10.8. The predicted octanol–water partition coefficient (Wildman–Crippen LogP) is 1.89. The van der Waals surface area contributed by atoms with Crippen LogP contribution in [0.5, 0.6) is 5.75 Å². The van der Waals surface area contributed by atoms with E-state index in [9.17, 15) is 10.1 Å². The van der Waals surface area contributed by atoms with Crippen molar-refractivity contribution in [2.45, 2.75) is 20.0 Å². The molecule has 1 aromatic carbocycles. The molecule has 0 aliphatic heterocycles. The van der Waals surface area contributed by atoms with Gasteiger partial charge in [-0.1, -0.05) is 6.92 Å². The highest BCUT2D eigenvalue weighted by atomic mass is 16.6. The minimum Gasteiger partial charge on any atom is -0.484 e. The van der Waals surface area contributed by atoms with Gasteiger partial charge in [0.15, 0.2) is 5.75 Å². The summed E-state index contributed by atoms with van der Waals surface area (Å²) in [6, 6.07) is 4.30. The van der Waals surface area contributed by atoms with E-state index in [1.54, 1.807) is 0 Å². The van der Waals surface area contributed by atoms with Crippen molar-refractivity contribution < 1.29 is 19.5 Å². The number of nitro groups is 1. The highest BCUT2D eigenvalue weighted by molar-refractivity contribution is 5.48. The molecule has 0 saturated heterocycles. The standard InChI is InChI=1S/C12H17NO5/c1-2-5-17-6-7-18-12-8-10(9-14)3-4-11(12)13(15)16/h3-4,8,14H,2,5-7,9H2,1H3. The molecule has 0 radical (unpaired) electrons. The average Bonchev–Trinajstić information content (AvgIpc) is 2.38. The van der Waals surface area contributed by atoms with Crippen LogP contribution in [0.1, 0.15) is 18.9 Å². The van der Waals surface area contributed by atoms with Gasteiger partial charge >= 0.3 is 5.69 Å². The van der Waals surface area contributed by atoms with Crippen molar-refractivity contribution in [1.29, 1.82) is 0 Å². The van der Waals surface area contributed by atoms with Gasteiger partial charge in [0, 0.05) is 12.7 Å². The zero-order valence-electron chi connectivity index (χ0n) is 10.3. The molecule has 18 heavy (non-hydrogen) atoms. The van der Waals surface area contributed by atoms with E-state index in [0.717, 1.165) is 6.42 Å². The summed E-state index contributed by atoms with van der Waals surface area (Å²) >= 11 is 0. The van der Waals surface area contributed by atoms with E-state index in [1.807, 2.05) is 6.92 Å². The second-order valence-corrected chi connectivity index (χ2v) is 3.68. The van der Waals surface area contributed by atoms with E-state index in [-0.39, 0.29) is 24.7 Å². The second kappa shape index (κ2) is 7.62. The maximum Gasteiger partial charge on any atom is 0.310 e. The largest absolute Gasteiger partial charge is 0.484 e. The van der Waals surface area contributed by atoms with Crippen molar-refractivity contribution >= 4 is 5.69 Å². The van der Waals surface area contributed by atoms with Gasteiger partial charge in [-0.25, -0.2) is 0 Å². The monoisotopic (exact) mass is 255 g/mol. The molecule has 1 aromatic rings. The first-order valence-corrected chi connectivity index (χ1v) is 5.77. The summed E-state index contributed by atoms with van der Waals surface area (Å²) < 4.78 is 10.5. The molecule has 0 aromatic heterocycles. The average molecular weight is 255 g/mol. The Kier molecular flexibility index (Phi) is 6.10. The van der Waals surface area contributed by atoms with Crippen molar-refractivity contribution in [1.82, 2.24) is 0 Å². The molecular weight excluding hydrogens is 238 g/mol. The fourth-order valence-corrected chi connectivity index (χ4v) is 1.38. The number of hydrogen-bond acceptors (Lipinski definition) is 5. The van der Waals surface area contributed by atoms with Crippen LogP contribution in [-0.4, -0.2) is 29.9 Å². The highest BCUT2D eigenvalue weighted by Crippen LogP contribution is 2.27. The summed E-state index contributed by atoms with van der Waals surface area (Å²) in [5.74, 6) is 0.159. The Morgan fingerprint density at radius 2 is 2.11 bits per heavy atom. The third kappa shape index (κ3) is 4.31. The number of hydrogen-bond donors (Lipinski definition) is 1. The van der Waals surface area contributed by atoms with Crippen molar-refractivity contribution in [3.8, 4) is 5.75 Å². The Morgan fingerprint density at radius 1 is 1.33 bits per heavy atom. The third-order valence-corrected chi connectivity index (χ3v) is 2.24. The first-order valence-electron chi connectivity index (χ1n) is 5.77. The summed E-state index contributed by atoms with van der Waals surface area (Å²) in [6.07, 6.45) is 0.917. The maximum atomic E-state index is 10.8. The minimum atomic E-state index is -0.511. The Bertz CT molecular complexity index is 394. The quantitative estimate of drug-likeness (QED) is 0.436. The molecule has 0 unspecified atom stereocenters. The van der Waals surface area contributed by atoms with Crippen LogP contribution in [0.25, 0.3) is 0 Å². The van der Waals surface area contributed by atoms with E-state index in [0.29, 0.717) is 18.8 Å². The fourth-order valence-electron chi connectivity index (χ4n) is 1.38. The number of aliphatic hydroxyl groups is 1. The molecule has 1 rings (SSSR count). The number of ether oxygens (including phenoxy) is 2. The van der Waals surface area contributed by atoms with E-state index in [4.69, 9.17) is 14.6 Å². The normalized spacial score (nSPS) is 10.3. The topological polar surface area (TPSA) is 81.8 Å². The summed E-state index contributed by atoms with van der Waals surface area (Å²) in [5.41, 5.74) is 0.466. The van der Waals surface area contributed by atoms with E-state index >= 15 is 0 Å². The van der Waals surface area contributed by atoms with Crippen LogP contribution in [0.2, 0.25) is 0 Å². The molecule has 6 nitrogen and oxygen atoms in total. The number of nitro benzene ring substituents is 1. The molecule has 100 valence electrons. The second-order valence-electron chi connectivity index (χ2n) is 3.68. The van der Waals surface area contributed by atoms with Gasteiger partial charge in [0.05, 0.1) is 18.1 Å². The van der Waals surface area contributed by atoms with Crippen LogP contribution in [0.3, 0.4) is 0 Å². The molecule has 0 aliphatic carbocycles. The van der Waals surface area contributed by atoms with Crippen molar-refractivity contribution in [2.75, 3.05) is 19.8 Å². The van der Waals surface area contributed by atoms with Crippen LogP contribution in [0.15, 0.2) is 18.2 Å². The fraction of sp³-hybridized carbons (Fsp3) is 0.500. The van der Waals surface area contributed by atoms with Gasteiger partial charge in [-0.2, -0.15) is 0 Å². The lowest BCUT2D eigenvalue weighted by Crippen LogP contribution is -2.08. The Balaban J connectivity index is 2.63. The van der Waals surface area contributed by atoms with Crippen LogP contribution in [-0.2, 0) is 11.3 Å². The van der Waals surface area contributed by atoms with Crippen molar-refractivity contribution in [3.05, 3.63) is 33.9 Å². The number of benzene rings is 1. The van der Waals surface area contributed by atoms with Crippen LogP contribution in [0.4, 0.5) is 5.69 Å². The van der Waals surface area contributed by atoms with Crippen LogP contribution in [0, 0.1) is 10.1 Å². The number of nitrogens with zero attached hydrogens (tertiary/aromatic N) is 1. The molecule has 0 fully saturated rings. The molecule has 0 aliphatic rings. The van der Waals surface area contributed by atoms with E-state index in [2.05, 4.69) is 0 Å². The molecule has 0 amide bonds. The summed E-state index contributed by atoms with van der Waals surface area (Å²) in [5, 5.41) is 19.8. The third-order valence-electron chi connectivity index (χ3n) is 2.24. The van der Waals surface area contributed by atoms with Gasteiger partial charge in [-0.15, -0.1) is 0 Å². The number of rotatable bonds is 8. The van der Waals surface area contributed by atoms with Crippen molar-refractivity contribution in [3.63, 3.8) is 0 Å². The summed E-state index contributed by atoms with van der Waals surface area (Å²) in [6.45, 7) is 3.09. The molecular formula is C12H17NO5. The Hall–Kier alpha value is -1.66. The first-order chi connectivity index (χ1) is 8.69. The lowest BCUT2D eigenvalue weighted by Gasteiger charge is -2.08. The molecule has 0 atom stereocenters. The molecule has 0 saturated carbocycles. The molecule has 0 spiro atoms. The lowest BCUT2D eigenvalue weighted by molar-refractivity contribution is -0.385. The smallest absolute Gasteiger partial charge is 0.310 e. The summed E-state index contributed by atoms with van der Waals surface area (Å²) in [7, 11) is 0. The molecule has 0 heterocycles. The van der Waals surface area contributed by atoms with Gasteiger partial charge in [0.2, 0.25) is 0 Å². The summed E-state index contributed by atoms with van der Waals surface area (Å²) in [4.78, 5) is 10.3. The predicted molar refractivity (Wildman–Crippen MR) is 65.6 cm³/mol. The van der Waals surface area contributed by atoms with Crippen LogP contribution >= 0.6 is 0 Å². The first kappa shape index (κ1) is 14.4. The van der Waals surface area contributed by atoms with Gasteiger partial charge in [0.1, 0.15) is 6.61 Å². The van der Waals surface area contributed by atoms with E-state index in [1.165, 1.54) is 18.2 Å². The highest BCUT2D eigenvalue weighted by Gasteiger charge is 2.15. The minimum absolute atomic E-state index is 0.109. The molecule has 0 bridgehead atoms. The Morgan fingerprint density at radius 3 is 2.72 bits per heavy atom. The number of aliphatic hydroxyl groups excluding tert-OH is 1. The van der Waals surface area contributed by atoms with Crippen LogP contribution < -0.4 is 4.74 Å². The van der Waals surface area contributed by atoms with Gasteiger partial charge in [-0.05, 0) is 24.1 Å². The zero-order valence-corrected chi connectivity index (χ0v) is 10.3. The van der Waals surface area contributed by atoms with E-state index < -0.39 is 4.92 Å². The van der Waals surface area contributed by atoms with Gasteiger partial charge in [0.25, 0.3) is 0 Å². The Labute approximate surface area is 105 Å². The van der Waals surface area contributed by atoms with Gasteiger partial charge < -0.3 is 14.6 Å². The molecule has 6 heteroatoms. The van der Waals surface area contributed by atoms with Gasteiger partial charge in [-0.3, -0.25) is 10.1 Å². The lowest BCUT2D eigenvalue weighted by atomic mass is 10.2. The zero-order chi connectivity index (χ0) is 13.4.